The average molecular weight is 306 g/mol. The number of hydrogen-bond donors (Lipinski definition) is 2. The van der Waals surface area contributed by atoms with Gasteiger partial charge in [0.05, 0.1) is 5.56 Å². The lowest BCUT2D eigenvalue weighted by molar-refractivity contribution is 1.17. The van der Waals surface area contributed by atoms with Gasteiger partial charge in [-0.15, -0.1) is 0 Å². The minimum absolute atomic E-state index is 0.329. The van der Waals surface area contributed by atoms with Gasteiger partial charge in [0, 0.05) is 16.4 Å². The van der Waals surface area contributed by atoms with Crippen molar-refractivity contribution in [1.82, 2.24) is 4.98 Å². The molecule has 0 aliphatic carbocycles. The first-order valence-corrected chi connectivity index (χ1v) is 6.98. The van der Waals surface area contributed by atoms with E-state index in [2.05, 4.69) is 10.3 Å². The van der Waals surface area contributed by atoms with E-state index in [1.807, 2.05) is 45.0 Å². The third-order valence-electron chi connectivity index (χ3n) is 3.03. The number of hydrogen-bond acceptors (Lipinski definition) is 3. The van der Waals surface area contributed by atoms with Gasteiger partial charge in [-0.1, -0.05) is 29.9 Å². The standard InChI is InChI=1S/C15H16ClN3S/c1-8-4-5-11(7-12(8)16)19-15-13(14(17)20)9(2)6-10(3)18-15/h4-7H,1-3H3,(H2,17,20)(H,18,19). The number of nitrogens with zero attached hydrogens (tertiary/aromatic N) is 1. The SMILES string of the molecule is Cc1cc(C)c(C(N)=S)c(Nc2ccc(C)c(Cl)c2)n1. The molecule has 20 heavy (non-hydrogen) atoms. The van der Waals surface area contributed by atoms with E-state index in [0.29, 0.717) is 15.8 Å². The zero-order chi connectivity index (χ0) is 14.9. The van der Waals surface area contributed by atoms with Crippen molar-refractivity contribution in [3.8, 4) is 0 Å². The number of halogens is 1. The summed E-state index contributed by atoms with van der Waals surface area (Å²) in [5, 5.41) is 3.95. The van der Waals surface area contributed by atoms with Crippen molar-refractivity contribution in [3.05, 3.63) is 51.7 Å². The van der Waals surface area contributed by atoms with E-state index >= 15 is 0 Å². The first-order valence-electron chi connectivity index (χ1n) is 6.19. The molecule has 5 heteroatoms. The molecule has 2 rings (SSSR count). The molecule has 1 heterocycles. The van der Waals surface area contributed by atoms with Gasteiger partial charge in [0.1, 0.15) is 10.8 Å². The molecule has 104 valence electrons. The number of nitrogens with one attached hydrogen (secondary N) is 1. The van der Waals surface area contributed by atoms with Crippen LogP contribution in [0.4, 0.5) is 11.5 Å². The Hall–Kier alpha value is -1.65. The minimum atomic E-state index is 0.329. The lowest BCUT2D eigenvalue weighted by Crippen LogP contribution is -2.15. The van der Waals surface area contributed by atoms with E-state index in [4.69, 9.17) is 29.6 Å². The number of rotatable bonds is 3. The second kappa shape index (κ2) is 5.77. The van der Waals surface area contributed by atoms with Crippen LogP contribution in [0.1, 0.15) is 22.4 Å². The molecule has 0 fully saturated rings. The molecule has 1 aromatic heterocycles. The fourth-order valence-electron chi connectivity index (χ4n) is 2.05. The Morgan fingerprint density at radius 1 is 1.20 bits per heavy atom. The van der Waals surface area contributed by atoms with Crippen LogP contribution in [-0.2, 0) is 0 Å². The fraction of sp³-hybridized carbons (Fsp3) is 0.200. The molecule has 3 N–H and O–H groups in total. The monoisotopic (exact) mass is 305 g/mol. The largest absolute Gasteiger partial charge is 0.389 e. The van der Waals surface area contributed by atoms with E-state index in [1.165, 1.54) is 0 Å². The summed E-state index contributed by atoms with van der Waals surface area (Å²) in [6.07, 6.45) is 0. The maximum atomic E-state index is 6.13. The van der Waals surface area contributed by atoms with Crippen LogP contribution in [0.25, 0.3) is 0 Å². The Kier molecular flexibility index (Phi) is 4.26. The van der Waals surface area contributed by atoms with Gasteiger partial charge in [0.15, 0.2) is 0 Å². The smallest absolute Gasteiger partial charge is 0.141 e. The van der Waals surface area contributed by atoms with Crippen LogP contribution >= 0.6 is 23.8 Å². The molecular weight excluding hydrogens is 290 g/mol. The van der Waals surface area contributed by atoms with Gasteiger partial charge in [-0.05, 0) is 50.1 Å². The summed E-state index contributed by atoms with van der Waals surface area (Å²) >= 11 is 11.2. The fourth-order valence-corrected chi connectivity index (χ4v) is 2.48. The summed E-state index contributed by atoms with van der Waals surface area (Å²) in [7, 11) is 0. The second-order valence-corrected chi connectivity index (χ2v) is 5.60. The highest BCUT2D eigenvalue weighted by molar-refractivity contribution is 7.80. The third-order valence-corrected chi connectivity index (χ3v) is 3.64. The predicted octanol–water partition coefficient (Wildman–Crippen LogP) is 4.04. The molecule has 0 bridgehead atoms. The third kappa shape index (κ3) is 3.08. The molecule has 0 aliphatic rings. The highest BCUT2D eigenvalue weighted by Crippen LogP contribution is 2.26. The molecule has 0 saturated heterocycles. The number of thiocarbonyl (C=S) groups is 1. The highest BCUT2D eigenvalue weighted by Gasteiger charge is 2.12. The Labute approximate surface area is 129 Å². The van der Waals surface area contributed by atoms with Crippen LogP contribution in [-0.4, -0.2) is 9.97 Å². The molecule has 0 unspecified atom stereocenters. The lowest BCUT2D eigenvalue weighted by Gasteiger charge is -2.14. The molecule has 0 atom stereocenters. The van der Waals surface area contributed by atoms with E-state index in [9.17, 15) is 0 Å². The number of aryl methyl sites for hydroxylation is 3. The number of aromatic nitrogens is 1. The van der Waals surface area contributed by atoms with Crippen molar-refractivity contribution in [3.63, 3.8) is 0 Å². The van der Waals surface area contributed by atoms with Crippen molar-refractivity contribution < 1.29 is 0 Å². The normalized spacial score (nSPS) is 10.4. The van der Waals surface area contributed by atoms with Crippen molar-refractivity contribution in [2.75, 3.05) is 5.32 Å². The molecule has 0 spiro atoms. The van der Waals surface area contributed by atoms with Gasteiger partial charge in [0.2, 0.25) is 0 Å². The summed E-state index contributed by atoms with van der Waals surface area (Å²) in [4.78, 5) is 4.81. The van der Waals surface area contributed by atoms with Gasteiger partial charge in [-0.25, -0.2) is 4.98 Å². The first kappa shape index (κ1) is 14.8. The van der Waals surface area contributed by atoms with Crippen LogP contribution in [0.2, 0.25) is 5.02 Å². The maximum absolute atomic E-state index is 6.13. The molecule has 0 amide bonds. The van der Waals surface area contributed by atoms with Crippen LogP contribution in [0, 0.1) is 20.8 Å². The lowest BCUT2D eigenvalue weighted by atomic mass is 10.1. The molecule has 3 nitrogen and oxygen atoms in total. The van der Waals surface area contributed by atoms with Gasteiger partial charge in [-0.3, -0.25) is 0 Å². The van der Waals surface area contributed by atoms with Crippen LogP contribution in [0.15, 0.2) is 24.3 Å². The molecular formula is C15H16ClN3S. The maximum Gasteiger partial charge on any atom is 0.141 e. The first-order chi connectivity index (χ1) is 9.38. The highest BCUT2D eigenvalue weighted by atomic mass is 35.5. The van der Waals surface area contributed by atoms with E-state index in [1.54, 1.807) is 0 Å². The molecule has 0 radical (unpaired) electrons. The van der Waals surface area contributed by atoms with Crippen LogP contribution in [0.5, 0.6) is 0 Å². The number of pyridine rings is 1. The molecule has 0 aliphatic heterocycles. The van der Waals surface area contributed by atoms with E-state index in [0.717, 1.165) is 28.1 Å². The summed E-state index contributed by atoms with van der Waals surface area (Å²) in [5.74, 6) is 0.662. The van der Waals surface area contributed by atoms with Crippen LogP contribution < -0.4 is 11.1 Å². The molecule has 0 saturated carbocycles. The Bertz CT molecular complexity index is 683. The van der Waals surface area contributed by atoms with Gasteiger partial charge < -0.3 is 11.1 Å². The second-order valence-electron chi connectivity index (χ2n) is 4.76. The number of benzene rings is 1. The van der Waals surface area contributed by atoms with E-state index < -0.39 is 0 Å². The number of anilines is 2. The summed E-state index contributed by atoms with van der Waals surface area (Å²) < 4.78 is 0. The zero-order valence-electron chi connectivity index (χ0n) is 11.6. The topological polar surface area (TPSA) is 50.9 Å². The van der Waals surface area contributed by atoms with Crippen molar-refractivity contribution >= 4 is 40.3 Å². The Morgan fingerprint density at radius 2 is 1.90 bits per heavy atom. The average Bonchev–Trinajstić information content (AvgIpc) is 2.32. The molecule has 2 aromatic rings. The van der Waals surface area contributed by atoms with Crippen LogP contribution in [0.3, 0.4) is 0 Å². The molecule has 1 aromatic carbocycles. The quantitative estimate of drug-likeness (QED) is 0.840. The van der Waals surface area contributed by atoms with E-state index in [-0.39, 0.29) is 0 Å². The van der Waals surface area contributed by atoms with Gasteiger partial charge in [0.25, 0.3) is 0 Å². The minimum Gasteiger partial charge on any atom is -0.389 e. The van der Waals surface area contributed by atoms with Gasteiger partial charge in [-0.2, -0.15) is 0 Å². The Morgan fingerprint density at radius 3 is 2.50 bits per heavy atom. The van der Waals surface area contributed by atoms with Crippen molar-refractivity contribution in [2.45, 2.75) is 20.8 Å². The zero-order valence-corrected chi connectivity index (χ0v) is 13.2. The van der Waals surface area contributed by atoms with Gasteiger partial charge >= 0.3 is 0 Å². The summed E-state index contributed by atoms with van der Waals surface area (Å²) in [6, 6.07) is 7.72. The summed E-state index contributed by atoms with van der Waals surface area (Å²) in [6.45, 7) is 5.86. The summed E-state index contributed by atoms with van der Waals surface area (Å²) in [5.41, 5.74) is 10.4. The van der Waals surface area contributed by atoms with Crippen molar-refractivity contribution in [2.24, 2.45) is 5.73 Å². The van der Waals surface area contributed by atoms with Crippen molar-refractivity contribution in [1.29, 1.82) is 0 Å². The predicted molar refractivity (Wildman–Crippen MR) is 89.1 cm³/mol. The Balaban J connectivity index is 2.47. The number of nitrogens with two attached hydrogens (primary N) is 1.